The minimum atomic E-state index is -2.91. The van der Waals surface area contributed by atoms with Gasteiger partial charge in [0.1, 0.15) is 11.5 Å². The second kappa shape index (κ2) is 9.67. The largest absolute Gasteiger partial charge is 0.439 e. The van der Waals surface area contributed by atoms with Crippen LogP contribution >= 0.6 is 11.6 Å². The Kier molecular flexibility index (Phi) is 6.78. The minimum absolute atomic E-state index is 0.0000916. The number of amides is 1. The molecule has 0 unspecified atom stereocenters. The number of hydrogen-bond acceptors (Lipinski definition) is 5. The van der Waals surface area contributed by atoms with Crippen molar-refractivity contribution in [2.75, 3.05) is 0 Å². The summed E-state index contributed by atoms with van der Waals surface area (Å²) in [7, 11) is 0. The first-order valence-corrected chi connectivity index (χ1v) is 8.98. The summed E-state index contributed by atoms with van der Waals surface area (Å²) in [6.45, 7) is -2.74. The molecule has 0 atom stereocenters. The van der Waals surface area contributed by atoms with Gasteiger partial charge in [0.05, 0.1) is 11.6 Å². The molecule has 0 fully saturated rings. The van der Waals surface area contributed by atoms with Gasteiger partial charge in [0.2, 0.25) is 5.88 Å². The van der Waals surface area contributed by atoms with Crippen LogP contribution in [0.5, 0.6) is 17.4 Å². The number of pyridine rings is 1. The van der Waals surface area contributed by atoms with Crippen molar-refractivity contribution in [3.63, 3.8) is 0 Å². The molecule has 0 spiro atoms. The van der Waals surface area contributed by atoms with E-state index < -0.39 is 6.61 Å². The van der Waals surface area contributed by atoms with Crippen molar-refractivity contribution in [1.29, 1.82) is 5.26 Å². The van der Waals surface area contributed by atoms with Gasteiger partial charge in [0, 0.05) is 29.4 Å². The van der Waals surface area contributed by atoms with Gasteiger partial charge in [-0.2, -0.15) is 14.0 Å². The Balaban J connectivity index is 1.63. The lowest BCUT2D eigenvalue weighted by molar-refractivity contribution is -0.0498. The highest BCUT2D eigenvalue weighted by Gasteiger charge is 2.10. The highest BCUT2D eigenvalue weighted by atomic mass is 35.5. The molecule has 3 aromatic rings. The van der Waals surface area contributed by atoms with Crippen molar-refractivity contribution in [2.45, 2.75) is 13.2 Å². The lowest BCUT2D eigenvalue weighted by Gasteiger charge is -2.09. The third-order valence-corrected chi connectivity index (χ3v) is 4.24. The summed E-state index contributed by atoms with van der Waals surface area (Å²) in [4.78, 5) is 16.5. The van der Waals surface area contributed by atoms with Gasteiger partial charge in [-0.1, -0.05) is 17.7 Å². The Hall–Kier alpha value is -3.70. The molecule has 1 N–H and O–H groups in total. The Morgan fingerprint density at radius 1 is 1.13 bits per heavy atom. The molecule has 152 valence electrons. The summed E-state index contributed by atoms with van der Waals surface area (Å²) >= 11 is 6.11. The Morgan fingerprint density at radius 2 is 1.87 bits per heavy atom. The van der Waals surface area contributed by atoms with Crippen LogP contribution in [0.25, 0.3) is 0 Å². The van der Waals surface area contributed by atoms with Crippen molar-refractivity contribution < 1.29 is 23.0 Å². The normalized spacial score (nSPS) is 10.4. The summed E-state index contributed by atoms with van der Waals surface area (Å²) in [5, 5.41) is 12.0. The molecule has 0 radical (unpaired) electrons. The summed E-state index contributed by atoms with van der Waals surface area (Å²) in [5.41, 5.74) is 1.41. The van der Waals surface area contributed by atoms with E-state index in [0.717, 1.165) is 0 Å². The Bertz CT molecular complexity index is 1090. The van der Waals surface area contributed by atoms with Crippen LogP contribution < -0.4 is 14.8 Å². The molecule has 6 nitrogen and oxygen atoms in total. The molecule has 0 aliphatic carbocycles. The number of rotatable bonds is 7. The van der Waals surface area contributed by atoms with Gasteiger partial charge in [-0.15, -0.1) is 0 Å². The van der Waals surface area contributed by atoms with Gasteiger partial charge < -0.3 is 14.8 Å². The lowest BCUT2D eigenvalue weighted by atomic mass is 10.1. The number of carbonyl (C=O) groups is 1. The first kappa shape index (κ1) is 21.0. The van der Waals surface area contributed by atoms with Crippen LogP contribution in [0.4, 0.5) is 8.78 Å². The number of alkyl halides is 2. The maximum absolute atomic E-state index is 12.4. The van der Waals surface area contributed by atoms with E-state index in [2.05, 4.69) is 15.0 Å². The van der Waals surface area contributed by atoms with Gasteiger partial charge in [0.15, 0.2) is 0 Å². The number of nitrogens with one attached hydrogen (secondary N) is 1. The van der Waals surface area contributed by atoms with E-state index in [-0.39, 0.29) is 24.1 Å². The topological polar surface area (TPSA) is 84.2 Å². The van der Waals surface area contributed by atoms with Gasteiger partial charge in [-0.05, 0) is 48.0 Å². The van der Waals surface area contributed by atoms with E-state index >= 15 is 0 Å². The molecule has 9 heteroatoms. The van der Waals surface area contributed by atoms with Gasteiger partial charge in [-0.3, -0.25) is 4.79 Å². The van der Waals surface area contributed by atoms with Crippen molar-refractivity contribution in [2.24, 2.45) is 0 Å². The molecule has 2 aromatic carbocycles. The summed E-state index contributed by atoms with van der Waals surface area (Å²) in [6, 6.07) is 15.3. The standard InChI is InChI=1S/C21H14ClF2N3O3/c22-18-9-13(11-25)1-2-15(18)12-27-20(28)14-7-8-26-19(10-14)29-16-3-5-17(6-4-16)30-21(23)24/h1-10,21H,12H2,(H,27,28). The first-order chi connectivity index (χ1) is 14.4. The molecule has 1 amide bonds. The quantitative estimate of drug-likeness (QED) is 0.575. The average molecular weight is 430 g/mol. The molecule has 0 bridgehead atoms. The van der Waals surface area contributed by atoms with Crippen LogP contribution in [0.2, 0.25) is 5.02 Å². The van der Waals surface area contributed by atoms with E-state index in [1.807, 2.05) is 6.07 Å². The molecular weight excluding hydrogens is 416 g/mol. The molecular formula is C21H14ClF2N3O3. The summed E-state index contributed by atoms with van der Waals surface area (Å²) in [6.07, 6.45) is 1.41. The molecule has 1 heterocycles. The molecule has 30 heavy (non-hydrogen) atoms. The number of halogens is 3. The molecule has 0 aliphatic rings. The lowest BCUT2D eigenvalue weighted by Crippen LogP contribution is -2.23. The fourth-order valence-electron chi connectivity index (χ4n) is 2.45. The number of carbonyl (C=O) groups excluding carboxylic acids is 1. The van der Waals surface area contributed by atoms with E-state index in [1.54, 1.807) is 12.1 Å². The van der Waals surface area contributed by atoms with Crippen LogP contribution in [0.1, 0.15) is 21.5 Å². The highest BCUT2D eigenvalue weighted by Crippen LogP contribution is 2.24. The van der Waals surface area contributed by atoms with Gasteiger partial charge in [0.25, 0.3) is 5.91 Å². The maximum atomic E-state index is 12.4. The van der Waals surface area contributed by atoms with E-state index in [0.29, 0.717) is 27.5 Å². The van der Waals surface area contributed by atoms with Crippen LogP contribution in [0.15, 0.2) is 60.8 Å². The van der Waals surface area contributed by atoms with E-state index in [4.69, 9.17) is 21.6 Å². The number of benzene rings is 2. The minimum Gasteiger partial charge on any atom is -0.439 e. The smallest absolute Gasteiger partial charge is 0.387 e. The fourth-order valence-corrected chi connectivity index (χ4v) is 2.70. The molecule has 1 aromatic heterocycles. The number of aromatic nitrogens is 1. The fraction of sp³-hybridized carbons (Fsp3) is 0.0952. The van der Waals surface area contributed by atoms with E-state index in [1.165, 1.54) is 48.7 Å². The zero-order valence-electron chi connectivity index (χ0n) is 15.3. The summed E-state index contributed by atoms with van der Waals surface area (Å²) in [5.74, 6) is 0.121. The van der Waals surface area contributed by atoms with Crippen LogP contribution in [-0.2, 0) is 6.54 Å². The molecule has 0 saturated carbocycles. The Morgan fingerprint density at radius 3 is 2.53 bits per heavy atom. The second-order valence-corrected chi connectivity index (χ2v) is 6.34. The predicted octanol–water partition coefficient (Wildman–Crippen LogP) is 4.93. The summed E-state index contributed by atoms with van der Waals surface area (Å²) < 4.78 is 34.2. The van der Waals surface area contributed by atoms with Crippen LogP contribution in [-0.4, -0.2) is 17.5 Å². The molecule has 0 saturated heterocycles. The highest BCUT2D eigenvalue weighted by molar-refractivity contribution is 6.31. The third-order valence-electron chi connectivity index (χ3n) is 3.89. The SMILES string of the molecule is N#Cc1ccc(CNC(=O)c2ccnc(Oc3ccc(OC(F)F)cc3)c2)c(Cl)c1. The van der Waals surface area contributed by atoms with Crippen molar-refractivity contribution in [1.82, 2.24) is 10.3 Å². The zero-order chi connectivity index (χ0) is 21.5. The Labute approximate surface area is 175 Å². The van der Waals surface area contributed by atoms with Gasteiger partial charge >= 0.3 is 6.61 Å². The average Bonchev–Trinajstić information content (AvgIpc) is 2.74. The second-order valence-electron chi connectivity index (χ2n) is 5.94. The number of ether oxygens (including phenoxy) is 2. The third kappa shape index (κ3) is 5.65. The number of nitriles is 1. The van der Waals surface area contributed by atoms with Crippen molar-refractivity contribution >= 4 is 17.5 Å². The molecule has 0 aliphatic heterocycles. The number of nitrogens with zero attached hydrogens (tertiary/aromatic N) is 2. The predicted molar refractivity (Wildman–Crippen MR) is 105 cm³/mol. The van der Waals surface area contributed by atoms with Crippen LogP contribution in [0.3, 0.4) is 0 Å². The number of hydrogen-bond donors (Lipinski definition) is 1. The van der Waals surface area contributed by atoms with Crippen LogP contribution in [0, 0.1) is 11.3 Å². The zero-order valence-corrected chi connectivity index (χ0v) is 16.1. The molecule has 3 rings (SSSR count). The van der Waals surface area contributed by atoms with Gasteiger partial charge in [-0.25, -0.2) is 4.98 Å². The van der Waals surface area contributed by atoms with Crippen molar-refractivity contribution in [3.05, 3.63) is 82.5 Å². The van der Waals surface area contributed by atoms with E-state index in [9.17, 15) is 13.6 Å². The first-order valence-electron chi connectivity index (χ1n) is 8.60. The monoisotopic (exact) mass is 429 g/mol. The maximum Gasteiger partial charge on any atom is 0.387 e. The van der Waals surface area contributed by atoms with Crippen molar-refractivity contribution in [3.8, 4) is 23.4 Å².